The van der Waals surface area contributed by atoms with Crippen LogP contribution in [0.3, 0.4) is 0 Å². The molecule has 1 spiro atoms. The van der Waals surface area contributed by atoms with Crippen molar-refractivity contribution in [2.45, 2.75) is 125 Å². The molecule has 3 aromatic heterocycles. The van der Waals surface area contributed by atoms with Crippen LogP contribution in [0.1, 0.15) is 180 Å². The molecule has 0 unspecified atom stereocenters. The van der Waals surface area contributed by atoms with Gasteiger partial charge in [0, 0.05) is 150 Å². The number of H-pyrrole nitrogens is 3. The van der Waals surface area contributed by atoms with E-state index in [0.717, 1.165) is 101 Å². The number of fused-ring (bicyclic) bond motifs is 5. The first-order valence-corrected chi connectivity index (χ1v) is 42.5. The van der Waals surface area contributed by atoms with Crippen molar-refractivity contribution in [3.05, 3.63) is 297 Å². The molecule has 122 heavy (non-hydrogen) atoms. The standard InChI is InChI=1S/C51H51BN6O7.C45H47BN6O5/c53-30-33-7-4-8-36(25-33)35-17-21-57(22-18-35)47(60)37-9-5-12-39(27-37)55-46(59)29-51(38-10-2-1-3-11-38)49(62)64-52(65-51)42-13-6-14-43-40(42)28-44(56-43)48(61)58-23-19-50(20-24-58)32-63-45-16-15-34(31-54)26-41(45)50;1-45(41-25-35-34(10-4-12-38(35)50-41)42(53)51-18-14-30(15-19-51)32-8-2-6-28(22-32)26-47)44(55)56-46(57-45)37-11-5-13-39-36(37)24-40(49-39)43(54)52-20-16-31(17-21-52)33-9-3-7-29(23-33)27-48/h1-16,25-28,35,56H,17-24,29-32,53-54H2,(H,55,59);2-13,22-25,30-31,49-50H,14-21,26-27,47-48H2,1H3/t51-;45-/m11/s1. The number of hydrogen-bond donors (Lipinski definition) is 8. The summed E-state index contributed by atoms with van der Waals surface area (Å²) in [6.07, 6.45) is 6.33. The van der Waals surface area contributed by atoms with Gasteiger partial charge in [0.1, 0.15) is 17.1 Å². The van der Waals surface area contributed by atoms with Crippen LogP contribution in [0.5, 0.6) is 5.75 Å². The minimum absolute atomic E-state index is 0.0376. The van der Waals surface area contributed by atoms with E-state index in [-0.39, 0.29) is 29.0 Å². The SMILES string of the molecule is C[C@]1(c2cc3c(C(=O)N4CCC(c5cccc(CN)c5)CC4)cccc3[nH]2)OB(c2cccc3[nH]c(C(=O)N4CCC(c5cccc(CN)c5)CC4)cc23)OC1=O.NCc1cccc(C2CCN(C(=O)c3cccc(NC(=O)C[C@]4(c5ccccc5)OB(c5cccc6[nH]c(C(=O)N7CCC8(CC7)COc7ccc(CN)cc78)cc56)OC4=O)c3)CC2)c1. The van der Waals surface area contributed by atoms with Gasteiger partial charge in [-0.05, 0) is 187 Å². The molecule has 10 heterocycles. The van der Waals surface area contributed by atoms with Crippen LogP contribution in [0, 0.1) is 0 Å². The molecule has 9 aromatic carbocycles. The third kappa shape index (κ3) is 15.6. The van der Waals surface area contributed by atoms with E-state index in [1.54, 1.807) is 67.6 Å². The van der Waals surface area contributed by atoms with Gasteiger partial charge in [-0.25, -0.2) is 0 Å². The molecule has 0 saturated carbocycles. The lowest BCUT2D eigenvalue weighted by atomic mass is 9.74. The number of likely N-dealkylation sites (tertiary alicyclic amines) is 4. The van der Waals surface area contributed by atoms with Gasteiger partial charge in [0.15, 0.2) is 11.2 Å². The van der Waals surface area contributed by atoms with Crippen molar-refractivity contribution in [3.8, 4) is 5.75 Å². The second kappa shape index (κ2) is 33.9. The number of rotatable bonds is 18. The highest BCUT2D eigenvalue weighted by Gasteiger charge is 2.57. The summed E-state index contributed by atoms with van der Waals surface area (Å²) in [5, 5.41) is 5.04. The van der Waals surface area contributed by atoms with Crippen molar-refractivity contribution in [2.75, 3.05) is 64.3 Å². The second-order valence-corrected chi connectivity index (χ2v) is 33.6. The van der Waals surface area contributed by atoms with Crippen LogP contribution < -0.4 is 43.9 Å². The first kappa shape index (κ1) is 80.6. The van der Waals surface area contributed by atoms with E-state index < -0.39 is 49.7 Å². The Kier molecular flexibility index (Phi) is 22.4. The number of benzene rings is 9. The number of anilines is 1. The van der Waals surface area contributed by atoms with Crippen molar-refractivity contribution in [3.63, 3.8) is 0 Å². The summed E-state index contributed by atoms with van der Waals surface area (Å²) >= 11 is 0. The first-order chi connectivity index (χ1) is 59.4. The van der Waals surface area contributed by atoms with Crippen molar-refractivity contribution in [2.24, 2.45) is 22.9 Å². The van der Waals surface area contributed by atoms with Crippen molar-refractivity contribution < 1.29 is 56.9 Å². The molecule has 6 saturated heterocycles. The van der Waals surface area contributed by atoms with Gasteiger partial charge in [0.25, 0.3) is 23.6 Å². The molecule has 6 fully saturated rings. The van der Waals surface area contributed by atoms with Crippen molar-refractivity contribution in [1.82, 2.24) is 34.6 Å². The molecule has 12 N–H and O–H groups in total. The molecule has 7 aliphatic rings. The Balaban J connectivity index is 0.000000168. The smallest absolute Gasteiger partial charge is 0.503 e. The zero-order valence-corrected chi connectivity index (χ0v) is 68.2. The van der Waals surface area contributed by atoms with E-state index in [1.165, 1.54) is 22.3 Å². The average Bonchev–Trinajstić information content (AvgIpc) is 1.60. The Morgan fingerprint density at radius 3 is 1.48 bits per heavy atom. The monoisotopic (exact) mass is 1630 g/mol. The van der Waals surface area contributed by atoms with Crippen LogP contribution in [0.15, 0.2) is 218 Å². The Hall–Kier alpha value is -12.4. The minimum atomic E-state index is -1.79. The summed E-state index contributed by atoms with van der Waals surface area (Å²) in [6, 6.07) is 69.2. The van der Waals surface area contributed by atoms with Crippen LogP contribution in [-0.4, -0.2) is 149 Å². The van der Waals surface area contributed by atoms with Crippen LogP contribution in [0.4, 0.5) is 5.69 Å². The number of amides is 5. The third-order valence-corrected chi connectivity index (χ3v) is 26.3. The predicted octanol–water partition coefficient (Wildman–Crippen LogP) is 11.7. The highest BCUT2D eigenvalue weighted by atomic mass is 16.7. The van der Waals surface area contributed by atoms with Gasteiger partial charge >= 0.3 is 26.2 Å². The summed E-state index contributed by atoms with van der Waals surface area (Å²) in [4.78, 5) is 115. The summed E-state index contributed by atoms with van der Waals surface area (Å²) < 4.78 is 31.1. The molecule has 26 heteroatoms. The Morgan fingerprint density at radius 1 is 0.451 bits per heavy atom. The number of aromatic nitrogens is 3. The quantitative estimate of drug-likeness (QED) is 0.0370. The number of carbonyl (C=O) groups excluding carboxylic acids is 7. The van der Waals surface area contributed by atoms with E-state index in [1.807, 2.05) is 123 Å². The lowest BCUT2D eigenvalue weighted by molar-refractivity contribution is -0.147. The maximum Gasteiger partial charge on any atom is 0.566 e. The van der Waals surface area contributed by atoms with Gasteiger partial charge in [-0.1, -0.05) is 152 Å². The average molecular weight is 1630 g/mol. The van der Waals surface area contributed by atoms with E-state index in [4.69, 9.17) is 46.3 Å². The third-order valence-electron chi connectivity index (χ3n) is 26.3. The highest BCUT2D eigenvalue weighted by Crippen LogP contribution is 2.47. The van der Waals surface area contributed by atoms with Crippen LogP contribution in [0.2, 0.25) is 0 Å². The molecule has 0 bridgehead atoms. The molecule has 24 nitrogen and oxygen atoms in total. The van der Waals surface area contributed by atoms with Gasteiger partial charge in [0.2, 0.25) is 5.91 Å². The van der Waals surface area contributed by atoms with Gasteiger partial charge in [-0.15, -0.1) is 0 Å². The lowest BCUT2D eigenvalue weighted by Gasteiger charge is -2.38. The molecule has 2 atom stereocenters. The zero-order chi connectivity index (χ0) is 84.0. The van der Waals surface area contributed by atoms with Crippen molar-refractivity contribution in [1.29, 1.82) is 0 Å². The van der Waals surface area contributed by atoms with Crippen LogP contribution in [0.25, 0.3) is 32.7 Å². The maximum atomic E-state index is 14.1. The summed E-state index contributed by atoms with van der Waals surface area (Å²) in [6.45, 7) is 9.21. The van der Waals surface area contributed by atoms with Crippen LogP contribution in [-0.2, 0) is 75.8 Å². The Bertz CT molecular complexity index is 6020. The second-order valence-electron chi connectivity index (χ2n) is 33.6. The Labute approximate surface area is 707 Å². The first-order valence-electron chi connectivity index (χ1n) is 42.5. The predicted molar refractivity (Wildman–Crippen MR) is 468 cm³/mol. The van der Waals surface area contributed by atoms with Gasteiger partial charge in [-0.3, -0.25) is 33.6 Å². The molecular weight excluding hydrogens is 1530 g/mol. The summed E-state index contributed by atoms with van der Waals surface area (Å²) in [5.41, 5.74) is 36.2. The topological polar surface area (TPSA) is 342 Å². The number of nitrogens with zero attached hydrogens (tertiary/aromatic N) is 4. The minimum Gasteiger partial charge on any atom is -0.503 e. The van der Waals surface area contributed by atoms with E-state index in [0.29, 0.717) is 164 Å². The number of ether oxygens (including phenoxy) is 1. The number of hydrogen-bond acceptors (Lipinski definition) is 16. The number of nitrogens with two attached hydrogens (primary N) is 4. The fourth-order valence-electron chi connectivity index (χ4n) is 19.2. The largest absolute Gasteiger partial charge is 0.566 e. The summed E-state index contributed by atoms with van der Waals surface area (Å²) in [7, 11) is -2.19. The van der Waals surface area contributed by atoms with Gasteiger partial charge in [-0.2, -0.15) is 0 Å². The molecular formula is C96H98B2N12O12. The molecule has 7 aliphatic heterocycles. The molecule has 620 valence electrons. The van der Waals surface area contributed by atoms with Crippen molar-refractivity contribution >= 4 is 105 Å². The number of piperidine rings is 4. The molecule has 5 amide bonds. The normalized spacial score (nSPS) is 19.4. The summed E-state index contributed by atoms with van der Waals surface area (Å²) in [5.74, 6) is -0.0860. The molecule has 0 radical (unpaired) electrons. The van der Waals surface area contributed by atoms with E-state index in [9.17, 15) is 33.6 Å². The highest BCUT2D eigenvalue weighted by molar-refractivity contribution is 6.68. The van der Waals surface area contributed by atoms with Gasteiger partial charge < -0.3 is 86.2 Å². The fourth-order valence-corrected chi connectivity index (χ4v) is 19.2. The molecule has 0 aliphatic carbocycles. The molecule has 19 rings (SSSR count). The maximum absolute atomic E-state index is 14.1. The van der Waals surface area contributed by atoms with Crippen LogP contribution >= 0.6 is 0 Å². The Morgan fingerprint density at radius 2 is 0.926 bits per heavy atom. The number of carbonyl (C=O) groups is 7. The zero-order valence-electron chi connectivity index (χ0n) is 68.2. The van der Waals surface area contributed by atoms with E-state index >= 15 is 0 Å². The lowest BCUT2D eigenvalue weighted by Crippen LogP contribution is -2.46. The number of nitrogens with one attached hydrogen (secondary N) is 4. The molecule has 12 aromatic rings. The fraction of sp³-hybridized carbons (Fsp3) is 0.302. The number of aromatic amines is 3. The van der Waals surface area contributed by atoms with E-state index in [2.05, 4.69) is 74.9 Å². The van der Waals surface area contributed by atoms with Gasteiger partial charge in [0.05, 0.1) is 18.7 Å².